The van der Waals surface area contributed by atoms with Crippen molar-refractivity contribution in [2.45, 2.75) is 13.3 Å². The van der Waals surface area contributed by atoms with E-state index in [9.17, 15) is 9.59 Å². The molecule has 2 N–H and O–H groups in total. The highest BCUT2D eigenvalue weighted by Gasteiger charge is 2.18. The largest absolute Gasteiger partial charge is 0.351 e. The van der Waals surface area contributed by atoms with E-state index in [0.717, 1.165) is 11.5 Å². The lowest BCUT2D eigenvalue weighted by molar-refractivity contribution is 0.0957. The second-order valence-electron chi connectivity index (χ2n) is 5.52. The van der Waals surface area contributed by atoms with Gasteiger partial charge in [0.25, 0.3) is 11.5 Å². The Morgan fingerprint density at radius 2 is 2.24 bits per heavy atom. The summed E-state index contributed by atoms with van der Waals surface area (Å²) in [6.07, 6.45) is 3.79. The Hall–Kier alpha value is -3.07. The van der Waals surface area contributed by atoms with Gasteiger partial charge >= 0.3 is 0 Å². The normalized spacial score (nSPS) is 11.2. The Balaban J connectivity index is 1.50. The minimum Gasteiger partial charge on any atom is -0.351 e. The van der Waals surface area contributed by atoms with Crippen LogP contribution in [0.5, 0.6) is 0 Å². The van der Waals surface area contributed by atoms with Crippen molar-refractivity contribution in [2.24, 2.45) is 0 Å². The molecule has 0 bridgehead atoms. The average Bonchev–Trinajstić information content (AvgIpc) is 3.17. The third-order valence-electron chi connectivity index (χ3n) is 3.96. The molecule has 0 spiro atoms. The lowest BCUT2D eigenvalue weighted by atomic mass is 10.2. The van der Waals surface area contributed by atoms with Gasteiger partial charge in [0.1, 0.15) is 10.7 Å². The van der Waals surface area contributed by atoms with Gasteiger partial charge in [0.05, 0.1) is 16.6 Å². The van der Waals surface area contributed by atoms with Crippen LogP contribution in [-0.4, -0.2) is 37.0 Å². The van der Waals surface area contributed by atoms with Crippen LogP contribution < -0.4 is 10.9 Å². The van der Waals surface area contributed by atoms with E-state index < -0.39 is 0 Å². The number of hydrogen-bond donors (Lipinski definition) is 2. The Labute approximate surface area is 145 Å². The first-order valence-electron chi connectivity index (χ1n) is 7.69. The number of aromatic amines is 1. The molecule has 0 aliphatic rings. The van der Waals surface area contributed by atoms with Crippen molar-refractivity contribution in [3.8, 4) is 0 Å². The predicted octanol–water partition coefficient (Wildman–Crippen LogP) is 1.31. The minimum absolute atomic E-state index is 0.214. The van der Waals surface area contributed by atoms with E-state index in [2.05, 4.69) is 25.5 Å². The standard InChI is InChI=1S/C16H14N6O2S/c1-9-12-14(23)18-8-19-16(12)25-13(9)15(24)17-6-5-11-21-20-10-4-2-3-7-22(10)11/h2-4,7-8H,5-6H2,1H3,(H,17,24)(H,18,19,23). The molecule has 0 aliphatic carbocycles. The fraction of sp³-hybridized carbons (Fsp3) is 0.188. The van der Waals surface area contributed by atoms with Crippen molar-refractivity contribution >= 4 is 33.1 Å². The zero-order chi connectivity index (χ0) is 17.4. The van der Waals surface area contributed by atoms with Gasteiger partial charge in [0, 0.05) is 19.2 Å². The van der Waals surface area contributed by atoms with Gasteiger partial charge < -0.3 is 10.3 Å². The highest BCUT2D eigenvalue weighted by molar-refractivity contribution is 7.20. The Kier molecular flexibility index (Phi) is 3.77. The fourth-order valence-corrected chi connectivity index (χ4v) is 3.79. The van der Waals surface area contributed by atoms with Crippen LogP contribution >= 0.6 is 11.3 Å². The Bertz CT molecular complexity index is 1140. The van der Waals surface area contributed by atoms with Crippen LogP contribution in [0.4, 0.5) is 0 Å². The van der Waals surface area contributed by atoms with Crippen molar-refractivity contribution in [3.05, 3.63) is 57.3 Å². The van der Waals surface area contributed by atoms with E-state index in [1.807, 2.05) is 28.8 Å². The van der Waals surface area contributed by atoms with E-state index in [1.54, 1.807) is 6.92 Å². The number of carbonyl (C=O) groups is 1. The number of nitrogens with one attached hydrogen (secondary N) is 2. The number of aryl methyl sites for hydroxylation is 1. The monoisotopic (exact) mass is 354 g/mol. The van der Waals surface area contributed by atoms with Gasteiger partial charge in [0.15, 0.2) is 5.65 Å². The smallest absolute Gasteiger partial charge is 0.261 e. The van der Waals surface area contributed by atoms with E-state index in [1.165, 1.54) is 17.7 Å². The first-order chi connectivity index (χ1) is 12.1. The lowest BCUT2D eigenvalue weighted by Gasteiger charge is -2.04. The zero-order valence-electron chi connectivity index (χ0n) is 13.3. The van der Waals surface area contributed by atoms with Crippen molar-refractivity contribution in [1.29, 1.82) is 0 Å². The molecule has 9 heteroatoms. The summed E-state index contributed by atoms with van der Waals surface area (Å²) < 4.78 is 1.89. The lowest BCUT2D eigenvalue weighted by Crippen LogP contribution is -2.26. The molecule has 0 saturated carbocycles. The van der Waals surface area contributed by atoms with Crippen LogP contribution in [-0.2, 0) is 6.42 Å². The molecule has 1 amide bonds. The van der Waals surface area contributed by atoms with Crippen LogP contribution in [0.3, 0.4) is 0 Å². The number of pyridine rings is 1. The van der Waals surface area contributed by atoms with Crippen LogP contribution in [0.25, 0.3) is 15.9 Å². The van der Waals surface area contributed by atoms with E-state index in [-0.39, 0.29) is 11.5 Å². The summed E-state index contributed by atoms with van der Waals surface area (Å²) in [6.45, 7) is 2.18. The number of carbonyl (C=O) groups excluding carboxylic acids is 1. The topological polar surface area (TPSA) is 105 Å². The number of nitrogens with zero attached hydrogens (tertiary/aromatic N) is 4. The Morgan fingerprint density at radius 1 is 1.36 bits per heavy atom. The molecule has 0 radical (unpaired) electrons. The first-order valence-corrected chi connectivity index (χ1v) is 8.50. The molecule has 0 atom stereocenters. The van der Waals surface area contributed by atoms with E-state index in [4.69, 9.17) is 0 Å². The molecule has 0 unspecified atom stereocenters. The molecule has 4 aromatic heterocycles. The van der Waals surface area contributed by atoms with Gasteiger partial charge in [0.2, 0.25) is 0 Å². The number of aromatic nitrogens is 5. The molecule has 25 heavy (non-hydrogen) atoms. The number of fused-ring (bicyclic) bond motifs is 2. The average molecular weight is 354 g/mol. The summed E-state index contributed by atoms with van der Waals surface area (Å²) in [4.78, 5) is 32.1. The van der Waals surface area contributed by atoms with Crippen LogP contribution in [0.1, 0.15) is 21.1 Å². The number of hydrogen-bond acceptors (Lipinski definition) is 6. The predicted molar refractivity (Wildman–Crippen MR) is 94.0 cm³/mol. The van der Waals surface area contributed by atoms with Gasteiger partial charge in [-0.2, -0.15) is 0 Å². The molecule has 126 valence electrons. The van der Waals surface area contributed by atoms with Gasteiger partial charge in [-0.15, -0.1) is 21.5 Å². The summed E-state index contributed by atoms with van der Waals surface area (Å²) in [7, 11) is 0. The second kappa shape index (κ2) is 6.10. The molecule has 4 rings (SSSR count). The van der Waals surface area contributed by atoms with Crippen LogP contribution in [0, 0.1) is 6.92 Å². The molecule has 0 fully saturated rings. The number of thiophene rings is 1. The Morgan fingerprint density at radius 3 is 3.08 bits per heavy atom. The summed E-state index contributed by atoms with van der Waals surface area (Å²) in [5.41, 5.74) is 1.20. The third-order valence-corrected chi connectivity index (χ3v) is 5.16. The number of H-pyrrole nitrogens is 1. The maximum absolute atomic E-state index is 12.5. The second-order valence-corrected chi connectivity index (χ2v) is 6.52. The van der Waals surface area contributed by atoms with Gasteiger partial charge in [-0.3, -0.25) is 14.0 Å². The summed E-state index contributed by atoms with van der Waals surface area (Å²) in [5, 5.41) is 11.6. The molecule has 8 nitrogen and oxygen atoms in total. The maximum Gasteiger partial charge on any atom is 0.261 e. The van der Waals surface area contributed by atoms with Gasteiger partial charge in [-0.05, 0) is 24.6 Å². The fourth-order valence-electron chi connectivity index (χ4n) is 2.72. The van der Waals surface area contributed by atoms with Crippen molar-refractivity contribution in [3.63, 3.8) is 0 Å². The number of amides is 1. The van der Waals surface area contributed by atoms with E-state index >= 15 is 0 Å². The molecule has 0 saturated heterocycles. The molecule has 4 heterocycles. The van der Waals surface area contributed by atoms with Crippen molar-refractivity contribution in [1.82, 2.24) is 29.9 Å². The molecule has 0 aromatic carbocycles. The van der Waals surface area contributed by atoms with Crippen LogP contribution in [0.2, 0.25) is 0 Å². The quantitative estimate of drug-likeness (QED) is 0.575. The molecule has 0 aliphatic heterocycles. The molecular weight excluding hydrogens is 340 g/mol. The minimum atomic E-state index is -0.229. The van der Waals surface area contributed by atoms with Crippen LogP contribution in [0.15, 0.2) is 35.5 Å². The van der Waals surface area contributed by atoms with Crippen molar-refractivity contribution < 1.29 is 4.79 Å². The SMILES string of the molecule is Cc1c(C(=O)NCCc2nnc3ccccn23)sc2nc[nH]c(=O)c12. The van der Waals surface area contributed by atoms with Gasteiger partial charge in [-0.25, -0.2) is 4.98 Å². The van der Waals surface area contributed by atoms with Crippen molar-refractivity contribution in [2.75, 3.05) is 6.54 Å². The molecular formula is C16H14N6O2S. The highest BCUT2D eigenvalue weighted by Crippen LogP contribution is 2.26. The number of rotatable bonds is 4. The summed E-state index contributed by atoms with van der Waals surface area (Å²) in [5.74, 6) is 0.566. The van der Waals surface area contributed by atoms with E-state index in [0.29, 0.717) is 33.6 Å². The van der Waals surface area contributed by atoms with Gasteiger partial charge in [-0.1, -0.05) is 6.07 Å². The first kappa shape index (κ1) is 15.5. The summed E-state index contributed by atoms with van der Waals surface area (Å²) >= 11 is 1.22. The zero-order valence-corrected chi connectivity index (χ0v) is 14.1. The summed E-state index contributed by atoms with van der Waals surface area (Å²) in [6, 6.07) is 5.68. The molecule has 4 aromatic rings. The maximum atomic E-state index is 12.5. The highest BCUT2D eigenvalue weighted by atomic mass is 32.1. The third kappa shape index (κ3) is 2.68.